The molecule has 5 heteroatoms. The standard InChI is InChI=1S/C25H19BrN2O2/c26-19-6-8-20(9-7-19)27-25(18-4-2-1-3-5-18)28(21-10-14-23(29)15-11-21)22-12-16-24(30)17-13-22/h1-17,29-30H. The quantitative estimate of drug-likeness (QED) is 0.261. The molecule has 0 atom stereocenters. The fourth-order valence-electron chi connectivity index (χ4n) is 3.07. The second-order valence-electron chi connectivity index (χ2n) is 6.65. The Bertz CT molecular complexity index is 1100. The number of hydrogen-bond acceptors (Lipinski definition) is 3. The van der Waals surface area contributed by atoms with E-state index in [4.69, 9.17) is 4.99 Å². The number of phenols is 2. The van der Waals surface area contributed by atoms with Crippen molar-refractivity contribution in [1.82, 2.24) is 0 Å². The van der Waals surface area contributed by atoms with Gasteiger partial charge in [0.1, 0.15) is 17.3 Å². The van der Waals surface area contributed by atoms with Crippen LogP contribution in [0.1, 0.15) is 5.56 Å². The summed E-state index contributed by atoms with van der Waals surface area (Å²) in [7, 11) is 0. The largest absolute Gasteiger partial charge is 0.508 e. The van der Waals surface area contributed by atoms with Crippen LogP contribution in [0.4, 0.5) is 17.1 Å². The molecular weight excluding hydrogens is 440 g/mol. The molecule has 0 aliphatic heterocycles. The van der Waals surface area contributed by atoms with E-state index in [9.17, 15) is 10.2 Å². The summed E-state index contributed by atoms with van der Waals surface area (Å²) in [6, 6.07) is 31.6. The second kappa shape index (κ2) is 8.84. The Balaban J connectivity index is 1.93. The molecule has 148 valence electrons. The molecule has 4 aromatic carbocycles. The highest BCUT2D eigenvalue weighted by molar-refractivity contribution is 9.10. The number of halogens is 1. The van der Waals surface area contributed by atoms with Crippen molar-refractivity contribution in [2.45, 2.75) is 0 Å². The molecule has 0 fully saturated rings. The molecule has 2 N–H and O–H groups in total. The number of hydrogen-bond donors (Lipinski definition) is 2. The van der Waals surface area contributed by atoms with Crippen molar-refractivity contribution < 1.29 is 10.2 Å². The average Bonchev–Trinajstić information content (AvgIpc) is 2.78. The molecule has 0 amide bonds. The van der Waals surface area contributed by atoms with Crippen LogP contribution in [0.3, 0.4) is 0 Å². The Labute approximate surface area is 183 Å². The predicted octanol–water partition coefficient (Wildman–Crippen LogP) is 6.78. The number of anilines is 2. The minimum absolute atomic E-state index is 0.190. The molecule has 0 heterocycles. The number of phenolic OH excluding ortho intramolecular Hbond substituents is 2. The van der Waals surface area contributed by atoms with Gasteiger partial charge in [-0.1, -0.05) is 46.3 Å². The molecule has 4 aromatic rings. The Morgan fingerprint density at radius 3 is 1.63 bits per heavy atom. The first-order chi connectivity index (χ1) is 14.6. The lowest BCUT2D eigenvalue weighted by molar-refractivity contribution is 0.475. The maximum Gasteiger partial charge on any atom is 0.145 e. The van der Waals surface area contributed by atoms with Crippen LogP contribution in [0, 0.1) is 0 Å². The molecule has 0 saturated heterocycles. The Morgan fingerprint density at radius 2 is 1.13 bits per heavy atom. The molecule has 4 rings (SSSR count). The summed E-state index contributed by atoms with van der Waals surface area (Å²) in [4.78, 5) is 6.96. The van der Waals surface area contributed by atoms with Gasteiger partial charge in [-0.15, -0.1) is 0 Å². The lowest BCUT2D eigenvalue weighted by Gasteiger charge is -2.27. The van der Waals surface area contributed by atoms with Crippen molar-refractivity contribution in [2.75, 3.05) is 4.90 Å². The number of aromatic hydroxyl groups is 2. The maximum absolute atomic E-state index is 9.78. The van der Waals surface area contributed by atoms with E-state index >= 15 is 0 Å². The smallest absolute Gasteiger partial charge is 0.145 e. The summed E-state index contributed by atoms with van der Waals surface area (Å²) in [5, 5.41) is 19.6. The van der Waals surface area contributed by atoms with Gasteiger partial charge in [0.2, 0.25) is 0 Å². The number of rotatable bonds is 4. The number of aliphatic imine (C=N–C) groups is 1. The predicted molar refractivity (Wildman–Crippen MR) is 125 cm³/mol. The van der Waals surface area contributed by atoms with Crippen molar-refractivity contribution in [3.63, 3.8) is 0 Å². The highest BCUT2D eigenvalue weighted by Crippen LogP contribution is 2.32. The zero-order valence-corrected chi connectivity index (χ0v) is 17.6. The minimum Gasteiger partial charge on any atom is -0.508 e. The van der Waals surface area contributed by atoms with Crippen LogP contribution in [-0.4, -0.2) is 16.0 Å². The van der Waals surface area contributed by atoms with E-state index in [1.807, 2.05) is 83.8 Å². The summed E-state index contributed by atoms with van der Waals surface area (Å²) in [6.07, 6.45) is 0. The highest BCUT2D eigenvalue weighted by Gasteiger charge is 2.18. The second-order valence-corrected chi connectivity index (χ2v) is 7.56. The topological polar surface area (TPSA) is 56.1 Å². The first-order valence-corrected chi connectivity index (χ1v) is 10.2. The van der Waals surface area contributed by atoms with Crippen molar-refractivity contribution in [3.8, 4) is 11.5 Å². The van der Waals surface area contributed by atoms with Gasteiger partial charge in [0, 0.05) is 21.4 Å². The normalized spacial score (nSPS) is 11.3. The molecule has 0 saturated carbocycles. The van der Waals surface area contributed by atoms with E-state index in [0.717, 1.165) is 27.1 Å². The average molecular weight is 459 g/mol. The first-order valence-electron chi connectivity index (χ1n) is 9.38. The monoisotopic (exact) mass is 458 g/mol. The molecule has 0 aliphatic rings. The van der Waals surface area contributed by atoms with E-state index in [2.05, 4.69) is 15.9 Å². The van der Waals surface area contributed by atoms with Crippen LogP contribution in [0.5, 0.6) is 11.5 Å². The van der Waals surface area contributed by atoms with Gasteiger partial charge in [0.05, 0.1) is 5.69 Å². The number of nitrogens with zero attached hydrogens (tertiary/aromatic N) is 2. The first kappa shape index (κ1) is 19.7. The maximum atomic E-state index is 9.78. The third-order valence-corrected chi connectivity index (χ3v) is 5.05. The van der Waals surface area contributed by atoms with E-state index in [-0.39, 0.29) is 11.5 Å². The molecular formula is C25H19BrN2O2. The summed E-state index contributed by atoms with van der Waals surface area (Å²) >= 11 is 3.47. The van der Waals surface area contributed by atoms with E-state index in [1.54, 1.807) is 24.3 Å². The molecule has 0 aliphatic carbocycles. The van der Waals surface area contributed by atoms with Crippen LogP contribution >= 0.6 is 15.9 Å². The van der Waals surface area contributed by atoms with Crippen LogP contribution in [0.2, 0.25) is 0 Å². The van der Waals surface area contributed by atoms with Crippen molar-refractivity contribution in [1.29, 1.82) is 0 Å². The van der Waals surface area contributed by atoms with Crippen LogP contribution in [0.15, 0.2) is 113 Å². The van der Waals surface area contributed by atoms with E-state index < -0.39 is 0 Å². The molecule has 4 nitrogen and oxygen atoms in total. The molecule has 0 radical (unpaired) electrons. The van der Waals surface area contributed by atoms with Gasteiger partial charge in [-0.25, -0.2) is 4.99 Å². The highest BCUT2D eigenvalue weighted by atomic mass is 79.9. The van der Waals surface area contributed by atoms with Crippen molar-refractivity contribution in [2.24, 2.45) is 4.99 Å². The zero-order chi connectivity index (χ0) is 20.9. The lowest BCUT2D eigenvalue weighted by Crippen LogP contribution is -2.26. The lowest BCUT2D eigenvalue weighted by atomic mass is 10.1. The molecule has 0 unspecified atom stereocenters. The summed E-state index contributed by atoms with van der Waals surface area (Å²) in [5.74, 6) is 1.10. The summed E-state index contributed by atoms with van der Waals surface area (Å²) in [5.41, 5.74) is 3.40. The fourth-order valence-corrected chi connectivity index (χ4v) is 3.33. The van der Waals surface area contributed by atoms with Gasteiger partial charge >= 0.3 is 0 Å². The Hall–Kier alpha value is -3.57. The van der Waals surface area contributed by atoms with E-state index in [0.29, 0.717) is 5.84 Å². The third kappa shape index (κ3) is 4.53. The molecule has 0 aromatic heterocycles. The van der Waals surface area contributed by atoms with Gasteiger partial charge in [0.25, 0.3) is 0 Å². The van der Waals surface area contributed by atoms with Crippen molar-refractivity contribution >= 4 is 38.8 Å². The third-order valence-electron chi connectivity index (χ3n) is 4.52. The van der Waals surface area contributed by atoms with Crippen molar-refractivity contribution in [3.05, 3.63) is 113 Å². The van der Waals surface area contributed by atoms with Crippen LogP contribution < -0.4 is 4.90 Å². The fraction of sp³-hybridized carbons (Fsp3) is 0. The van der Waals surface area contributed by atoms with Gasteiger partial charge in [0.15, 0.2) is 0 Å². The number of benzene rings is 4. The number of amidine groups is 1. The Morgan fingerprint density at radius 1 is 0.633 bits per heavy atom. The van der Waals surface area contributed by atoms with Gasteiger partial charge in [-0.2, -0.15) is 0 Å². The van der Waals surface area contributed by atoms with Gasteiger partial charge in [-0.05, 0) is 72.8 Å². The van der Waals surface area contributed by atoms with Crippen LogP contribution in [-0.2, 0) is 0 Å². The molecule has 30 heavy (non-hydrogen) atoms. The minimum atomic E-state index is 0.190. The SMILES string of the molecule is Oc1ccc(N(C(=Nc2ccc(Br)cc2)c2ccccc2)c2ccc(O)cc2)cc1. The van der Waals surface area contributed by atoms with Gasteiger partial charge < -0.3 is 10.2 Å². The summed E-state index contributed by atoms with van der Waals surface area (Å²) < 4.78 is 0.983. The molecule has 0 spiro atoms. The Kier molecular flexibility index (Phi) is 5.82. The summed E-state index contributed by atoms with van der Waals surface area (Å²) in [6.45, 7) is 0. The van der Waals surface area contributed by atoms with Gasteiger partial charge in [-0.3, -0.25) is 4.90 Å². The zero-order valence-electron chi connectivity index (χ0n) is 16.0. The molecule has 0 bridgehead atoms. The van der Waals surface area contributed by atoms with E-state index in [1.165, 1.54) is 0 Å². The van der Waals surface area contributed by atoms with Crippen LogP contribution in [0.25, 0.3) is 0 Å².